The summed E-state index contributed by atoms with van der Waals surface area (Å²) in [7, 11) is 0. The van der Waals surface area contributed by atoms with Gasteiger partial charge in [-0.2, -0.15) is 0 Å². The summed E-state index contributed by atoms with van der Waals surface area (Å²) in [5.41, 5.74) is 3.94. The van der Waals surface area contributed by atoms with E-state index in [2.05, 4.69) is 22.6 Å². The van der Waals surface area contributed by atoms with Crippen molar-refractivity contribution in [1.82, 2.24) is 0 Å². The van der Waals surface area contributed by atoms with Crippen LogP contribution in [0.5, 0.6) is 0 Å². The summed E-state index contributed by atoms with van der Waals surface area (Å²) in [6.45, 7) is 0. The second-order valence-corrected chi connectivity index (χ2v) is 6.96. The van der Waals surface area contributed by atoms with Gasteiger partial charge >= 0.3 is 5.63 Å². The van der Waals surface area contributed by atoms with Crippen LogP contribution >= 0.6 is 22.6 Å². The zero-order valence-electron chi connectivity index (χ0n) is 13.9. The Balaban J connectivity index is 2.08. The lowest BCUT2D eigenvalue weighted by Gasteiger charge is -2.14. The first-order valence-corrected chi connectivity index (χ1v) is 9.36. The maximum Gasteiger partial charge on any atom is 0.344 e. The van der Waals surface area contributed by atoms with E-state index in [1.807, 2.05) is 91.0 Å². The summed E-state index contributed by atoms with van der Waals surface area (Å²) in [6.07, 6.45) is 0. The van der Waals surface area contributed by atoms with Gasteiger partial charge in [0.05, 0.1) is 9.13 Å². The van der Waals surface area contributed by atoms with Crippen molar-refractivity contribution in [1.29, 1.82) is 0 Å². The molecule has 0 aliphatic rings. The van der Waals surface area contributed by atoms with E-state index in [0.717, 1.165) is 25.8 Å². The molecule has 4 rings (SSSR count). The van der Waals surface area contributed by atoms with E-state index in [0.29, 0.717) is 11.3 Å². The van der Waals surface area contributed by atoms with Crippen LogP contribution in [-0.4, -0.2) is 0 Å². The van der Waals surface area contributed by atoms with E-state index >= 15 is 0 Å². The molecule has 0 bridgehead atoms. The number of rotatable bonds is 3. The molecule has 1 heterocycles. The maximum atomic E-state index is 13.0. The Morgan fingerprint density at radius 1 is 0.577 bits per heavy atom. The molecule has 0 unspecified atom stereocenters. The lowest BCUT2D eigenvalue weighted by atomic mass is 9.95. The molecule has 0 spiro atoms. The monoisotopic (exact) mass is 450 g/mol. The summed E-state index contributed by atoms with van der Waals surface area (Å²) in [4.78, 5) is 13.0. The summed E-state index contributed by atoms with van der Waals surface area (Å²) >= 11 is 2.28. The van der Waals surface area contributed by atoms with Crippen LogP contribution in [0.1, 0.15) is 0 Å². The van der Waals surface area contributed by atoms with Gasteiger partial charge in [-0.15, -0.1) is 0 Å². The fourth-order valence-corrected chi connectivity index (χ4v) is 4.03. The summed E-state index contributed by atoms with van der Waals surface area (Å²) in [5, 5.41) is 0. The van der Waals surface area contributed by atoms with E-state index < -0.39 is 0 Å². The van der Waals surface area contributed by atoms with Gasteiger partial charge in [0.1, 0.15) is 0 Å². The Morgan fingerprint density at radius 3 is 1.50 bits per heavy atom. The third-order valence-corrected chi connectivity index (χ3v) is 5.26. The second-order valence-electron chi connectivity index (χ2n) is 5.88. The Hall–Kier alpha value is -2.66. The van der Waals surface area contributed by atoms with Crippen LogP contribution in [0.15, 0.2) is 100 Å². The highest BCUT2D eigenvalue weighted by atomic mass is 127. The molecule has 126 valence electrons. The van der Waals surface area contributed by atoms with Crippen LogP contribution < -0.4 is 5.63 Å². The molecule has 0 saturated heterocycles. The Bertz CT molecular complexity index is 1090. The van der Waals surface area contributed by atoms with Gasteiger partial charge < -0.3 is 4.42 Å². The molecule has 0 radical (unpaired) electrons. The standard InChI is InChI=1S/C23H15IO2/c24-21-19(16-10-4-1-5-11-16)20(17-12-6-2-7-13-17)23(25)26-22(21)18-14-8-3-9-15-18/h1-15H. The molecule has 1 aromatic heterocycles. The number of hydrogen-bond acceptors (Lipinski definition) is 2. The van der Waals surface area contributed by atoms with Crippen molar-refractivity contribution in [3.8, 4) is 33.6 Å². The predicted octanol–water partition coefficient (Wildman–Crippen LogP) is 6.25. The van der Waals surface area contributed by atoms with Crippen molar-refractivity contribution in [2.45, 2.75) is 0 Å². The topological polar surface area (TPSA) is 30.2 Å². The quantitative estimate of drug-likeness (QED) is 0.346. The molecule has 4 aromatic rings. The average molecular weight is 450 g/mol. The smallest absolute Gasteiger partial charge is 0.344 e. The van der Waals surface area contributed by atoms with Gasteiger partial charge in [-0.25, -0.2) is 4.79 Å². The summed E-state index contributed by atoms with van der Waals surface area (Å²) < 4.78 is 6.71. The molecule has 2 nitrogen and oxygen atoms in total. The highest BCUT2D eigenvalue weighted by Gasteiger charge is 2.21. The molecule has 0 fully saturated rings. The Morgan fingerprint density at radius 2 is 1.00 bits per heavy atom. The summed E-state index contributed by atoms with van der Waals surface area (Å²) in [5.74, 6) is 0.606. The van der Waals surface area contributed by atoms with Gasteiger partial charge in [-0.05, 0) is 33.7 Å². The third-order valence-electron chi connectivity index (χ3n) is 4.23. The van der Waals surface area contributed by atoms with Gasteiger partial charge in [0.15, 0.2) is 5.76 Å². The van der Waals surface area contributed by atoms with Crippen molar-refractivity contribution >= 4 is 22.6 Å². The number of benzene rings is 3. The fourth-order valence-electron chi connectivity index (χ4n) is 3.03. The highest BCUT2D eigenvalue weighted by Crippen LogP contribution is 2.38. The first-order valence-electron chi connectivity index (χ1n) is 8.28. The predicted molar refractivity (Wildman–Crippen MR) is 114 cm³/mol. The van der Waals surface area contributed by atoms with Crippen LogP contribution in [0.4, 0.5) is 0 Å². The van der Waals surface area contributed by atoms with Crippen LogP contribution in [-0.2, 0) is 0 Å². The first kappa shape index (κ1) is 16.8. The Kier molecular flexibility index (Phi) is 4.71. The molecule has 3 aromatic carbocycles. The van der Waals surface area contributed by atoms with E-state index in [1.165, 1.54) is 0 Å². The van der Waals surface area contributed by atoms with Crippen molar-refractivity contribution in [2.24, 2.45) is 0 Å². The maximum absolute atomic E-state index is 13.0. The minimum absolute atomic E-state index is 0.325. The van der Waals surface area contributed by atoms with E-state index in [9.17, 15) is 4.79 Å². The van der Waals surface area contributed by atoms with Gasteiger partial charge in [-0.1, -0.05) is 91.0 Å². The zero-order chi connectivity index (χ0) is 17.9. The number of hydrogen-bond donors (Lipinski definition) is 0. The third kappa shape index (κ3) is 3.10. The van der Waals surface area contributed by atoms with Crippen molar-refractivity contribution < 1.29 is 4.42 Å². The molecule has 0 aliphatic heterocycles. The van der Waals surface area contributed by atoms with Gasteiger partial charge in [0.2, 0.25) is 0 Å². The molecule has 3 heteroatoms. The van der Waals surface area contributed by atoms with Crippen LogP contribution in [0.25, 0.3) is 33.6 Å². The lowest BCUT2D eigenvalue weighted by molar-refractivity contribution is 0.526. The Labute approximate surface area is 165 Å². The zero-order valence-corrected chi connectivity index (χ0v) is 16.0. The first-order chi connectivity index (χ1) is 12.8. The fraction of sp³-hybridized carbons (Fsp3) is 0. The molecule has 0 atom stereocenters. The van der Waals surface area contributed by atoms with Crippen LogP contribution in [0, 0.1) is 3.57 Å². The van der Waals surface area contributed by atoms with Crippen molar-refractivity contribution in [3.63, 3.8) is 0 Å². The summed E-state index contributed by atoms with van der Waals surface area (Å²) in [6, 6.07) is 29.4. The van der Waals surface area contributed by atoms with E-state index in [1.54, 1.807) is 0 Å². The van der Waals surface area contributed by atoms with Gasteiger partial charge in [0, 0.05) is 11.1 Å². The largest absolute Gasteiger partial charge is 0.421 e. The lowest BCUT2D eigenvalue weighted by Crippen LogP contribution is -2.08. The molecule has 0 saturated carbocycles. The van der Waals surface area contributed by atoms with Gasteiger partial charge in [0.25, 0.3) is 0 Å². The molecule has 0 aliphatic carbocycles. The molecular weight excluding hydrogens is 435 g/mol. The molecular formula is C23H15IO2. The average Bonchev–Trinajstić information content (AvgIpc) is 2.71. The SMILES string of the molecule is O=c1oc(-c2ccccc2)c(I)c(-c2ccccc2)c1-c1ccccc1. The van der Waals surface area contributed by atoms with Crippen molar-refractivity contribution in [3.05, 3.63) is 105 Å². The molecule has 0 N–H and O–H groups in total. The minimum atomic E-state index is -0.325. The minimum Gasteiger partial charge on any atom is -0.421 e. The van der Waals surface area contributed by atoms with Crippen LogP contribution in [0.3, 0.4) is 0 Å². The number of halogens is 1. The molecule has 26 heavy (non-hydrogen) atoms. The molecule has 0 amide bonds. The normalized spacial score (nSPS) is 10.7. The van der Waals surface area contributed by atoms with E-state index in [4.69, 9.17) is 4.42 Å². The van der Waals surface area contributed by atoms with Crippen molar-refractivity contribution in [2.75, 3.05) is 0 Å². The van der Waals surface area contributed by atoms with Crippen LogP contribution in [0.2, 0.25) is 0 Å². The van der Waals surface area contributed by atoms with E-state index in [-0.39, 0.29) is 5.63 Å². The second kappa shape index (κ2) is 7.30. The highest BCUT2D eigenvalue weighted by molar-refractivity contribution is 14.1. The van der Waals surface area contributed by atoms with Gasteiger partial charge in [-0.3, -0.25) is 0 Å².